The molecule has 1 aliphatic heterocycles. The SMILES string of the molecule is CCOC(=O)[C@@H]1CCCN(Cc2nc(N)nc(Nc3ccc(C)cc3)n2)C1. The van der Waals surface area contributed by atoms with Gasteiger partial charge in [0, 0.05) is 12.2 Å². The highest BCUT2D eigenvalue weighted by molar-refractivity contribution is 5.72. The lowest BCUT2D eigenvalue weighted by atomic mass is 9.98. The quantitative estimate of drug-likeness (QED) is 0.746. The van der Waals surface area contributed by atoms with Crippen LogP contribution in [0.2, 0.25) is 0 Å². The zero-order chi connectivity index (χ0) is 19.2. The zero-order valence-electron chi connectivity index (χ0n) is 15.8. The van der Waals surface area contributed by atoms with Crippen molar-refractivity contribution < 1.29 is 9.53 Å². The second-order valence-electron chi connectivity index (χ2n) is 6.75. The normalized spacial score (nSPS) is 17.5. The van der Waals surface area contributed by atoms with Crippen molar-refractivity contribution in [1.29, 1.82) is 0 Å². The molecule has 1 aliphatic rings. The van der Waals surface area contributed by atoms with E-state index in [4.69, 9.17) is 10.5 Å². The van der Waals surface area contributed by atoms with Crippen molar-refractivity contribution in [3.63, 3.8) is 0 Å². The van der Waals surface area contributed by atoms with Crippen LogP contribution in [0.3, 0.4) is 0 Å². The maximum atomic E-state index is 12.0. The van der Waals surface area contributed by atoms with Crippen molar-refractivity contribution in [3.8, 4) is 0 Å². The highest BCUT2D eigenvalue weighted by Gasteiger charge is 2.27. The molecule has 0 bridgehead atoms. The lowest BCUT2D eigenvalue weighted by Crippen LogP contribution is -2.39. The van der Waals surface area contributed by atoms with Gasteiger partial charge in [-0.1, -0.05) is 17.7 Å². The number of hydrogen-bond acceptors (Lipinski definition) is 8. The van der Waals surface area contributed by atoms with E-state index in [1.54, 1.807) is 0 Å². The summed E-state index contributed by atoms with van der Waals surface area (Å²) in [6, 6.07) is 7.95. The fourth-order valence-corrected chi connectivity index (χ4v) is 3.18. The zero-order valence-corrected chi connectivity index (χ0v) is 15.8. The molecule has 1 aromatic carbocycles. The maximum absolute atomic E-state index is 12.0. The van der Waals surface area contributed by atoms with Gasteiger partial charge in [0.05, 0.1) is 19.1 Å². The first-order valence-corrected chi connectivity index (χ1v) is 9.26. The minimum Gasteiger partial charge on any atom is -0.466 e. The molecule has 0 amide bonds. The summed E-state index contributed by atoms with van der Waals surface area (Å²) in [5.74, 6) is 0.956. The number of nitrogens with two attached hydrogens (primary N) is 1. The number of hydrogen-bond donors (Lipinski definition) is 2. The van der Waals surface area contributed by atoms with E-state index < -0.39 is 0 Å². The molecule has 144 valence electrons. The Morgan fingerprint density at radius 1 is 1.30 bits per heavy atom. The molecule has 27 heavy (non-hydrogen) atoms. The predicted octanol–water partition coefficient (Wildman–Crippen LogP) is 2.28. The molecule has 1 aromatic heterocycles. The number of carbonyl (C=O) groups is 1. The van der Waals surface area contributed by atoms with Crippen LogP contribution < -0.4 is 11.1 Å². The molecule has 2 aromatic rings. The van der Waals surface area contributed by atoms with Gasteiger partial charge >= 0.3 is 5.97 Å². The van der Waals surface area contributed by atoms with E-state index in [1.165, 1.54) is 5.56 Å². The van der Waals surface area contributed by atoms with Crippen LogP contribution in [0, 0.1) is 12.8 Å². The van der Waals surface area contributed by atoms with E-state index in [0.717, 1.165) is 25.1 Å². The summed E-state index contributed by atoms with van der Waals surface area (Å²) in [7, 11) is 0. The van der Waals surface area contributed by atoms with Gasteiger partial charge in [-0.25, -0.2) is 0 Å². The first-order valence-electron chi connectivity index (χ1n) is 9.26. The van der Waals surface area contributed by atoms with Crippen molar-refractivity contribution in [2.45, 2.75) is 33.2 Å². The number of nitrogens with one attached hydrogen (secondary N) is 1. The molecule has 2 heterocycles. The molecule has 3 rings (SSSR count). The van der Waals surface area contributed by atoms with Crippen molar-refractivity contribution >= 4 is 23.6 Å². The second-order valence-corrected chi connectivity index (χ2v) is 6.75. The van der Waals surface area contributed by atoms with E-state index in [2.05, 4.69) is 25.2 Å². The van der Waals surface area contributed by atoms with Crippen LogP contribution in [0.25, 0.3) is 0 Å². The Bertz CT molecular complexity index is 780. The summed E-state index contributed by atoms with van der Waals surface area (Å²) in [6.45, 7) is 6.32. The number of nitrogen functional groups attached to an aromatic ring is 1. The molecule has 0 unspecified atom stereocenters. The van der Waals surface area contributed by atoms with Gasteiger partial charge in [-0.15, -0.1) is 0 Å². The molecule has 1 saturated heterocycles. The number of nitrogens with zero attached hydrogens (tertiary/aromatic N) is 4. The minimum absolute atomic E-state index is 0.0944. The monoisotopic (exact) mass is 370 g/mol. The minimum atomic E-state index is -0.126. The molecule has 1 atom stereocenters. The number of carbonyl (C=O) groups excluding carboxylic acids is 1. The number of esters is 1. The first kappa shape index (κ1) is 19.0. The van der Waals surface area contributed by atoms with Gasteiger partial charge in [-0.05, 0) is 45.4 Å². The Labute approximate surface area is 159 Å². The van der Waals surface area contributed by atoms with Gasteiger partial charge in [0.25, 0.3) is 0 Å². The van der Waals surface area contributed by atoms with Crippen molar-refractivity contribution in [1.82, 2.24) is 19.9 Å². The molecule has 0 saturated carbocycles. The van der Waals surface area contributed by atoms with Gasteiger partial charge in [-0.2, -0.15) is 15.0 Å². The van der Waals surface area contributed by atoms with Gasteiger partial charge in [0.1, 0.15) is 5.82 Å². The number of aromatic nitrogens is 3. The average Bonchev–Trinajstić information content (AvgIpc) is 2.63. The summed E-state index contributed by atoms with van der Waals surface area (Å²) in [5, 5.41) is 3.16. The smallest absolute Gasteiger partial charge is 0.310 e. The highest BCUT2D eigenvalue weighted by atomic mass is 16.5. The number of likely N-dealkylation sites (tertiary alicyclic amines) is 1. The molecule has 0 radical (unpaired) electrons. The summed E-state index contributed by atoms with van der Waals surface area (Å²) >= 11 is 0. The molecule has 0 aliphatic carbocycles. The van der Waals surface area contributed by atoms with Crippen LogP contribution in [-0.2, 0) is 16.1 Å². The highest BCUT2D eigenvalue weighted by Crippen LogP contribution is 2.20. The topological polar surface area (TPSA) is 106 Å². The summed E-state index contributed by atoms with van der Waals surface area (Å²) in [4.78, 5) is 27.1. The number of benzene rings is 1. The Morgan fingerprint density at radius 2 is 2.07 bits per heavy atom. The first-order chi connectivity index (χ1) is 13.0. The van der Waals surface area contributed by atoms with E-state index in [9.17, 15) is 4.79 Å². The van der Waals surface area contributed by atoms with E-state index in [0.29, 0.717) is 31.5 Å². The van der Waals surface area contributed by atoms with Crippen LogP contribution in [0.5, 0.6) is 0 Å². The Morgan fingerprint density at radius 3 is 2.81 bits per heavy atom. The molecule has 3 N–H and O–H groups in total. The van der Waals surface area contributed by atoms with Crippen LogP contribution >= 0.6 is 0 Å². The lowest BCUT2D eigenvalue weighted by Gasteiger charge is -2.30. The number of ether oxygens (including phenoxy) is 1. The molecular weight excluding hydrogens is 344 g/mol. The second kappa shape index (κ2) is 8.77. The van der Waals surface area contributed by atoms with Crippen LogP contribution in [-0.4, -0.2) is 45.5 Å². The fourth-order valence-electron chi connectivity index (χ4n) is 3.18. The van der Waals surface area contributed by atoms with Crippen molar-refractivity contribution in [2.24, 2.45) is 5.92 Å². The number of anilines is 3. The van der Waals surface area contributed by atoms with Gasteiger partial charge in [0.15, 0.2) is 0 Å². The molecular formula is C19H26N6O2. The summed E-state index contributed by atoms with van der Waals surface area (Å²) < 4.78 is 5.16. The number of piperidine rings is 1. The Balaban J connectivity index is 1.67. The van der Waals surface area contributed by atoms with Gasteiger partial charge < -0.3 is 15.8 Å². The molecule has 0 spiro atoms. The lowest BCUT2D eigenvalue weighted by molar-refractivity contribution is -0.150. The third-order valence-electron chi connectivity index (χ3n) is 4.50. The maximum Gasteiger partial charge on any atom is 0.310 e. The average molecular weight is 370 g/mol. The van der Waals surface area contributed by atoms with Gasteiger partial charge in [-0.3, -0.25) is 9.69 Å². The fraction of sp³-hybridized carbons (Fsp3) is 0.474. The van der Waals surface area contributed by atoms with Crippen LogP contribution in [0.15, 0.2) is 24.3 Å². The van der Waals surface area contributed by atoms with Crippen molar-refractivity contribution in [3.05, 3.63) is 35.7 Å². The van der Waals surface area contributed by atoms with Crippen LogP contribution in [0.1, 0.15) is 31.2 Å². The van der Waals surface area contributed by atoms with Gasteiger partial charge in [0.2, 0.25) is 11.9 Å². The third-order valence-corrected chi connectivity index (χ3v) is 4.50. The van der Waals surface area contributed by atoms with Crippen molar-refractivity contribution in [2.75, 3.05) is 30.7 Å². The van der Waals surface area contributed by atoms with E-state index in [-0.39, 0.29) is 17.8 Å². The number of rotatable bonds is 6. The standard InChI is InChI=1S/C19H26N6O2/c1-3-27-17(26)14-5-4-10-25(11-14)12-16-22-18(20)24-19(23-16)21-15-8-6-13(2)7-9-15/h6-9,14H,3-5,10-12H2,1-2H3,(H3,20,21,22,23,24)/t14-/m1/s1. The summed E-state index contributed by atoms with van der Waals surface area (Å²) in [5.41, 5.74) is 7.93. The summed E-state index contributed by atoms with van der Waals surface area (Å²) in [6.07, 6.45) is 1.80. The molecule has 1 fully saturated rings. The molecule has 8 heteroatoms. The Kier molecular flexibility index (Phi) is 6.18. The predicted molar refractivity (Wildman–Crippen MR) is 103 cm³/mol. The number of aryl methyl sites for hydroxylation is 1. The Hall–Kier alpha value is -2.74. The van der Waals surface area contributed by atoms with E-state index >= 15 is 0 Å². The third kappa shape index (κ3) is 5.37. The van der Waals surface area contributed by atoms with Crippen LogP contribution in [0.4, 0.5) is 17.6 Å². The largest absolute Gasteiger partial charge is 0.466 e. The molecule has 8 nitrogen and oxygen atoms in total. The van der Waals surface area contributed by atoms with E-state index in [1.807, 2.05) is 38.1 Å².